The van der Waals surface area contributed by atoms with Crippen LogP contribution in [0.2, 0.25) is 0 Å². The summed E-state index contributed by atoms with van der Waals surface area (Å²) in [4.78, 5) is 41.9. The molecule has 0 saturated carbocycles. The molecule has 180 valence electrons. The summed E-state index contributed by atoms with van der Waals surface area (Å²) in [6.45, 7) is 3.85. The van der Waals surface area contributed by atoms with E-state index in [9.17, 15) is 27.6 Å². The van der Waals surface area contributed by atoms with E-state index in [0.29, 0.717) is 6.42 Å². The highest BCUT2D eigenvalue weighted by molar-refractivity contribution is 6.07. The van der Waals surface area contributed by atoms with E-state index < -0.39 is 28.9 Å². The standard InChI is InChI=1S/C24H25F3N4O3/c1-15(2)11-12-30(22(33)17-9-6-10-18(13-17)24(25,26)27)19-20(28)31(23(34)29-21(19)32)14-16-7-4-3-5-8-16/h3-10,13,15H,11-12,14,28H2,1-2H3,(H,29,32,34). The molecule has 34 heavy (non-hydrogen) atoms. The molecule has 0 atom stereocenters. The number of rotatable bonds is 7. The van der Waals surface area contributed by atoms with E-state index >= 15 is 0 Å². The van der Waals surface area contributed by atoms with Crippen molar-refractivity contribution in [3.8, 4) is 0 Å². The van der Waals surface area contributed by atoms with Gasteiger partial charge in [-0.05, 0) is 36.1 Å². The Labute approximate surface area is 193 Å². The first-order chi connectivity index (χ1) is 16.0. The fourth-order valence-corrected chi connectivity index (χ4v) is 3.45. The van der Waals surface area contributed by atoms with E-state index in [-0.39, 0.29) is 36.1 Å². The maximum atomic E-state index is 13.4. The molecule has 0 unspecified atom stereocenters. The average molecular weight is 474 g/mol. The maximum Gasteiger partial charge on any atom is 0.416 e. The lowest BCUT2D eigenvalue weighted by atomic mass is 10.1. The summed E-state index contributed by atoms with van der Waals surface area (Å²) in [7, 11) is 0. The number of aromatic amines is 1. The molecular weight excluding hydrogens is 449 g/mol. The molecule has 0 bridgehead atoms. The van der Waals surface area contributed by atoms with Crippen LogP contribution in [0.25, 0.3) is 0 Å². The molecule has 3 aromatic rings. The van der Waals surface area contributed by atoms with E-state index in [0.717, 1.165) is 33.2 Å². The zero-order valence-corrected chi connectivity index (χ0v) is 18.7. The number of hydrogen-bond acceptors (Lipinski definition) is 4. The molecule has 3 rings (SSSR count). The second-order valence-corrected chi connectivity index (χ2v) is 8.28. The Balaban J connectivity index is 2.12. The number of amides is 1. The van der Waals surface area contributed by atoms with Gasteiger partial charge in [-0.25, -0.2) is 4.79 Å². The smallest absolute Gasteiger partial charge is 0.383 e. The third-order valence-electron chi connectivity index (χ3n) is 5.28. The van der Waals surface area contributed by atoms with E-state index in [1.165, 1.54) is 6.07 Å². The summed E-state index contributed by atoms with van der Waals surface area (Å²) in [5.41, 5.74) is 3.78. The van der Waals surface area contributed by atoms with Gasteiger partial charge in [0.2, 0.25) is 0 Å². The number of aromatic nitrogens is 2. The SMILES string of the molecule is CC(C)CCN(C(=O)c1cccc(C(F)(F)F)c1)c1c(N)n(Cc2ccccc2)c(=O)[nH]c1=O. The second-order valence-electron chi connectivity index (χ2n) is 8.28. The first-order valence-corrected chi connectivity index (χ1v) is 10.6. The summed E-state index contributed by atoms with van der Waals surface area (Å²) in [5, 5.41) is 0. The topological polar surface area (TPSA) is 101 Å². The molecule has 7 nitrogen and oxygen atoms in total. The van der Waals surface area contributed by atoms with E-state index in [1.807, 2.05) is 13.8 Å². The summed E-state index contributed by atoms with van der Waals surface area (Å²) in [5.74, 6) is -0.956. The second kappa shape index (κ2) is 9.98. The lowest BCUT2D eigenvalue weighted by Gasteiger charge is -2.25. The predicted molar refractivity (Wildman–Crippen MR) is 124 cm³/mol. The summed E-state index contributed by atoms with van der Waals surface area (Å²) in [6.07, 6.45) is -4.19. The molecule has 1 heterocycles. The Morgan fingerprint density at radius 2 is 1.76 bits per heavy atom. The number of hydrogen-bond donors (Lipinski definition) is 2. The number of nitrogen functional groups attached to an aromatic ring is 1. The van der Waals surface area contributed by atoms with E-state index in [2.05, 4.69) is 4.98 Å². The van der Waals surface area contributed by atoms with Crippen molar-refractivity contribution in [3.05, 3.63) is 92.1 Å². The van der Waals surface area contributed by atoms with Crippen molar-refractivity contribution >= 4 is 17.4 Å². The molecule has 0 spiro atoms. The van der Waals surface area contributed by atoms with Gasteiger partial charge < -0.3 is 10.6 Å². The van der Waals surface area contributed by atoms with Gasteiger partial charge in [-0.15, -0.1) is 0 Å². The van der Waals surface area contributed by atoms with Gasteiger partial charge in [-0.3, -0.25) is 19.1 Å². The van der Waals surface area contributed by atoms with Crippen LogP contribution >= 0.6 is 0 Å². The largest absolute Gasteiger partial charge is 0.416 e. The Kier molecular flexibility index (Phi) is 7.29. The minimum atomic E-state index is -4.64. The van der Waals surface area contributed by atoms with E-state index in [4.69, 9.17) is 5.73 Å². The molecule has 0 aliphatic heterocycles. The molecule has 1 aromatic heterocycles. The van der Waals surface area contributed by atoms with Crippen molar-refractivity contribution in [2.45, 2.75) is 33.0 Å². The first kappa shape index (κ1) is 24.8. The lowest BCUT2D eigenvalue weighted by molar-refractivity contribution is -0.137. The number of halogens is 3. The van der Waals surface area contributed by atoms with Crippen LogP contribution in [0.4, 0.5) is 24.7 Å². The third kappa shape index (κ3) is 5.56. The molecule has 0 aliphatic carbocycles. The van der Waals surface area contributed by atoms with Crippen LogP contribution < -0.4 is 21.9 Å². The quantitative estimate of drug-likeness (QED) is 0.543. The average Bonchev–Trinajstić information content (AvgIpc) is 2.78. The molecule has 2 aromatic carbocycles. The lowest BCUT2D eigenvalue weighted by Crippen LogP contribution is -2.42. The summed E-state index contributed by atoms with van der Waals surface area (Å²) in [6, 6.07) is 12.8. The van der Waals surface area contributed by atoms with Crippen molar-refractivity contribution in [2.75, 3.05) is 17.2 Å². The molecule has 1 amide bonds. The fourth-order valence-electron chi connectivity index (χ4n) is 3.45. The minimum absolute atomic E-state index is 0.0174. The van der Waals surface area contributed by atoms with Crippen LogP contribution in [0, 0.1) is 5.92 Å². The zero-order valence-electron chi connectivity index (χ0n) is 18.7. The minimum Gasteiger partial charge on any atom is -0.383 e. The van der Waals surface area contributed by atoms with Crippen LogP contribution in [0.1, 0.15) is 41.8 Å². The maximum absolute atomic E-state index is 13.4. The number of nitrogens with zero attached hydrogens (tertiary/aromatic N) is 2. The van der Waals surface area contributed by atoms with Crippen LogP contribution in [0.3, 0.4) is 0 Å². The van der Waals surface area contributed by atoms with Crippen LogP contribution in [-0.4, -0.2) is 22.0 Å². The molecule has 0 aliphatic rings. The van der Waals surface area contributed by atoms with Crippen molar-refractivity contribution in [1.29, 1.82) is 0 Å². The first-order valence-electron chi connectivity index (χ1n) is 10.6. The number of alkyl halides is 3. The highest BCUT2D eigenvalue weighted by Crippen LogP contribution is 2.30. The van der Waals surface area contributed by atoms with Crippen LogP contribution in [0.15, 0.2) is 64.2 Å². The van der Waals surface area contributed by atoms with Gasteiger partial charge in [0.1, 0.15) is 5.82 Å². The Hall–Kier alpha value is -3.82. The summed E-state index contributed by atoms with van der Waals surface area (Å²) >= 11 is 0. The third-order valence-corrected chi connectivity index (χ3v) is 5.28. The number of nitrogens with two attached hydrogens (primary N) is 1. The van der Waals surface area contributed by atoms with Crippen LogP contribution in [-0.2, 0) is 12.7 Å². The Morgan fingerprint density at radius 1 is 1.09 bits per heavy atom. The number of H-pyrrole nitrogens is 1. The molecule has 10 heteroatoms. The number of carbonyl (C=O) groups excluding carboxylic acids is 1. The van der Waals surface area contributed by atoms with Gasteiger partial charge in [0.15, 0.2) is 5.69 Å². The van der Waals surface area contributed by atoms with Gasteiger partial charge in [-0.1, -0.05) is 50.2 Å². The highest BCUT2D eigenvalue weighted by atomic mass is 19.4. The number of anilines is 2. The van der Waals surface area contributed by atoms with Crippen molar-refractivity contribution in [2.24, 2.45) is 5.92 Å². The van der Waals surface area contributed by atoms with Crippen LogP contribution in [0.5, 0.6) is 0 Å². The van der Waals surface area contributed by atoms with Gasteiger partial charge >= 0.3 is 11.9 Å². The molecule has 0 fully saturated rings. The van der Waals surface area contributed by atoms with Gasteiger partial charge in [-0.2, -0.15) is 13.2 Å². The van der Waals surface area contributed by atoms with Crippen molar-refractivity contribution < 1.29 is 18.0 Å². The van der Waals surface area contributed by atoms with Gasteiger partial charge in [0, 0.05) is 12.1 Å². The molecular formula is C24H25F3N4O3. The van der Waals surface area contributed by atoms with Gasteiger partial charge in [0.25, 0.3) is 11.5 Å². The molecule has 0 saturated heterocycles. The highest BCUT2D eigenvalue weighted by Gasteiger charge is 2.32. The summed E-state index contributed by atoms with van der Waals surface area (Å²) < 4.78 is 40.7. The monoisotopic (exact) mass is 474 g/mol. The number of carbonyl (C=O) groups is 1. The normalized spacial score (nSPS) is 11.6. The van der Waals surface area contributed by atoms with E-state index in [1.54, 1.807) is 30.3 Å². The number of benzene rings is 2. The number of nitrogens with one attached hydrogen (secondary N) is 1. The Morgan fingerprint density at radius 3 is 2.38 bits per heavy atom. The van der Waals surface area contributed by atoms with Crippen molar-refractivity contribution in [1.82, 2.24) is 9.55 Å². The fraction of sp³-hybridized carbons (Fsp3) is 0.292. The molecule has 3 N–H and O–H groups in total. The van der Waals surface area contributed by atoms with Crippen molar-refractivity contribution in [3.63, 3.8) is 0 Å². The van der Waals surface area contributed by atoms with Gasteiger partial charge in [0.05, 0.1) is 12.1 Å². The Bertz CT molecular complexity index is 1280. The molecule has 0 radical (unpaired) electrons. The predicted octanol–water partition coefficient (Wildman–Crippen LogP) is 3.88. The zero-order chi connectivity index (χ0) is 25.0.